The quantitative estimate of drug-likeness (QED) is 0.739. The molecule has 3 rings (SSSR count). The van der Waals surface area contributed by atoms with Crippen molar-refractivity contribution < 1.29 is 4.74 Å². The van der Waals surface area contributed by atoms with E-state index in [0.29, 0.717) is 17.4 Å². The number of hydrogen-bond donors (Lipinski definition) is 1. The highest BCUT2D eigenvalue weighted by atomic mass is 35.5. The van der Waals surface area contributed by atoms with Crippen LogP contribution in [0.25, 0.3) is 10.9 Å². The summed E-state index contributed by atoms with van der Waals surface area (Å²) in [5.41, 5.74) is 2.25. The van der Waals surface area contributed by atoms with E-state index < -0.39 is 0 Å². The molecule has 3 heteroatoms. The van der Waals surface area contributed by atoms with Gasteiger partial charge in [0.05, 0.1) is 5.02 Å². The van der Waals surface area contributed by atoms with Crippen LogP contribution >= 0.6 is 11.6 Å². The predicted molar refractivity (Wildman–Crippen MR) is 74.1 cm³/mol. The molecule has 2 aromatic carbocycles. The van der Waals surface area contributed by atoms with Gasteiger partial charge in [0.25, 0.3) is 0 Å². The minimum absolute atomic E-state index is 0.508. The van der Waals surface area contributed by atoms with Crippen LogP contribution in [0.4, 0.5) is 0 Å². The summed E-state index contributed by atoms with van der Waals surface area (Å²) in [5.74, 6) is 0.712. The Labute approximate surface area is 110 Å². The fourth-order valence-electron chi connectivity index (χ4n) is 1.97. The van der Waals surface area contributed by atoms with Gasteiger partial charge in [-0.15, -0.1) is 0 Å². The summed E-state index contributed by atoms with van der Waals surface area (Å²) < 4.78 is 5.74. The van der Waals surface area contributed by atoms with Crippen molar-refractivity contribution in [3.63, 3.8) is 0 Å². The van der Waals surface area contributed by atoms with E-state index in [4.69, 9.17) is 16.3 Å². The summed E-state index contributed by atoms with van der Waals surface area (Å²) >= 11 is 6.05. The third kappa shape index (κ3) is 2.07. The van der Waals surface area contributed by atoms with E-state index in [1.54, 1.807) is 0 Å². The van der Waals surface area contributed by atoms with E-state index in [1.165, 1.54) is 5.39 Å². The SMILES string of the molecule is Clc1ccccc1OCc1c[nH]c2ccccc12. The lowest BCUT2D eigenvalue weighted by molar-refractivity contribution is 0.308. The third-order valence-corrected chi connectivity index (χ3v) is 3.21. The molecule has 1 heterocycles. The monoisotopic (exact) mass is 257 g/mol. The number of nitrogens with one attached hydrogen (secondary N) is 1. The molecule has 0 bridgehead atoms. The Morgan fingerprint density at radius 3 is 2.67 bits per heavy atom. The van der Waals surface area contributed by atoms with Crippen LogP contribution in [0.3, 0.4) is 0 Å². The third-order valence-electron chi connectivity index (χ3n) is 2.89. The molecule has 1 N–H and O–H groups in total. The van der Waals surface area contributed by atoms with Crippen LogP contribution in [-0.4, -0.2) is 4.98 Å². The van der Waals surface area contributed by atoms with Gasteiger partial charge in [-0.3, -0.25) is 0 Å². The molecule has 0 radical (unpaired) electrons. The van der Waals surface area contributed by atoms with Crippen LogP contribution in [0.5, 0.6) is 5.75 Å². The standard InChI is InChI=1S/C15H12ClNO/c16-13-6-2-4-8-15(13)18-10-11-9-17-14-7-3-1-5-12(11)14/h1-9,17H,10H2. The van der Waals surface area contributed by atoms with Crippen LogP contribution in [0.1, 0.15) is 5.56 Å². The Morgan fingerprint density at radius 2 is 1.78 bits per heavy atom. The normalized spacial score (nSPS) is 10.7. The Bertz CT molecular complexity index is 675. The Hall–Kier alpha value is -1.93. The number of benzene rings is 2. The van der Waals surface area contributed by atoms with Gasteiger partial charge in [-0.25, -0.2) is 0 Å². The first-order valence-corrected chi connectivity index (χ1v) is 6.15. The lowest BCUT2D eigenvalue weighted by Gasteiger charge is -2.06. The molecular formula is C15H12ClNO. The number of ether oxygens (including phenoxy) is 1. The second-order valence-electron chi connectivity index (χ2n) is 4.08. The summed E-state index contributed by atoms with van der Waals surface area (Å²) in [6.07, 6.45) is 1.97. The van der Waals surface area contributed by atoms with E-state index in [-0.39, 0.29) is 0 Å². The Morgan fingerprint density at radius 1 is 1.00 bits per heavy atom. The van der Waals surface area contributed by atoms with Gasteiger partial charge in [0.15, 0.2) is 0 Å². The van der Waals surface area contributed by atoms with Gasteiger partial charge in [0, 0.05) is 22.7 Å². The molecule has 0 aliphatic carbocycles. The van der Waals surface area contributed by atoms with Gasteiger partial charge in [-0.2, -0.15) is 0 Å². The molecule has 3 aromatic rings. The number of fused-ring (bicyclic) bond motifs is 1. The number of aromatic nitrogens is 1. The van der Waals surface area contributed by atoms with Crippen molar-refractivity contribution in [2.45, 2.75) is 6.61 Å². The van der Waals surface area contributed by atoms with Crippen molar-refractivity contribution in [3.8, 4) is 5.75 Å². The highest BCUT2D eigenvalue weighted by Gasteiger charge is 2.05. The molecule has 0 aliphatic rings. The van der Waals surface area contributed by atoms with Gasteiger partial charge in [0.1, 0.15) is 12.4 Å². The van der Waals surface area contributed by atoms with Crippen molar-refractivity contribution in [2.75, 3.05) is 0 Å². The number of hydrogen-bond acceptors (Lipinski definition) is 1. The molecule has 90 valence electrons. The molecule has 0 aliphatic heterocycles. The van der Waals surface area contributed by atoms with Crippen molar-refractivity contribution in [1.29, 1.82) is 0 Å². The number of para-hydroxylation sites is 2. The molecule has 0 atom stereocenters. The predicted octanol–water partition coefficient (Wildman–Crippen LogP) is 4.40. The maximum Gasteiger partial charge on any atom is 0.138 e. The molecule has 1 aromatic heterocycles. The van der Waals surface area contributed by atoms with Crippen LogP contribution in [0.15, 0.2) is 54.7 Å². The number of halogens is 1. The average Bonchev–Trinajstić information content (AvgIpc) is 2.81. The Kier molecular flexibility index (Phi) is 2.95. The van der Waals surface area contributed by atoms with E-state index in [2.05, 4.69) is 11.1 Å². The minimum Gasteiger partial charge on any atom is -0.487 e. The van der Waals surface area contributed by atoms with Crippen molar-refractivity contribution in [2.24, 2.45) is 0 Å². The molecular weight excluding hydrogens is 246 g/mol. The molecule has 2 nitrogen and oxygen atoms in total. The smallest absolute Gasteiger partial charge is 0.138 e. The van der Waals surface area contributed by atoms with E-state index >= 15 is 0 Å². The van der Waals surface area contributed by atoms with E-state index in [9.17, 15) is 0 Å². The molecule has 0 amide bonds. The first-order chi connectivity index (χ1) is 8.84. The second kappa shape index (κ2) is 4.75. The zero-order valence-electron chi connectivity index (χ0n) is 9.69. The molecule has 0 fully saturated rings. The summed E-state index contributed by atoms with van der Waals surface area (Å²) in [4.78, 5) is 3.23. The van der Waals surface area contributed by atoms with Gasteiger partial charge < -0.3 is 9.72 Å². The maximum absolute atomic E-state index is 6.05. The highest BCUT2D eigenvalue weighted by molar-refractivity contribution is 6.32. The van der Waals surface area contributed by atoms with Gasteiger partial charge in [-0.05, 0) is 18.2 Å². The topological polar surface area (TPSA) is 25.0 Å². The van der Waals surface area contributed by atoms with Gasteiger partial charge in [-0.1, -0.05) is 41.9 Å². The molecule has 0 saturated carbocycles. The van der Waals surface area contributed by atoms with E-state index in [0.717, 1.165) is 11.1 Å². The summed E-state index contributed by atoms with van der Waals surface area (Å²) in [5, 5.41) is 1.82. The number of rotatable bonds is 3. The van der Waals surface area contributed by atoms with Crippen LogP contribution in [-0.2, 0) is 6.61 Å². The van der Waals surface area contributed by atoms with Gasteiger partial charge in [0.2, 0.25) is 0 Å². The fourth-order valence-corrected chi connectivity index (χ4v) is 2.16. The maximum atomic E-state index is 6.05. The number of aromatic amines is 1. The zero-order chi connectivity index (χ0) is 12.4. The zero-order valence-corrected chi connectivity index (χ0v) is 10.4. The van der Waals surface area contributed by atoms with Gasteiger partial charge >= 0.3 is 0 Å². The lowest BCUT2D eigenvalue weighted by Crippen LogP contribution is -1.94. The summed E-state index contributed by atoms with van der Waals surface area (Å²) in [7, 11) is 0. The molecule has 0 spiro atoms. The number of H-pyrrole nitrogens is 1. The first kappa shape index (κ1) is 11.2. The highest BCUT2D eigenvalue weighted by Crippen LogP contribution is 2.25. The summed E-state index contributed by atoms with van der Waals surface area (Å²) in [6.45, 7) is 0.508. The molecule has 0 unspecified atom stereocenters. The van der Waals surface area contributed by atoms with Crippen molar-refractivity contribution in [1.82, 2.24) is 4.98 Å². The largest absolute Gasteiger partial charge is 0.487 e. The average molecular weight is 258 g/mol. The fraction of sp³-hybridized carbons (Fsp3) is 0.0667. The van der Waals surface area contributed by atoms with Crippen molar-refractivity contribution in [3.05, 3.63) is 65.3 Å². The van der Waals surface area contributed by atoms with E-state index in [1.807, 2.05) is 48.7 Å². The summed E-state index contributed by atoms with van der Waals surface area (Å²) in [6, 6.07) is 15.7. The minimum atomic E-state index is 0.508. The molecule has 0 saturated heterocycles. The van der Waals surface area contributed by atoms with Crippen LogP contribution in [0, 0.1) is 0 Å². The second-order valence-corrected chi connectivity index (χ2v) is 4.49. The first-order valence-electron chi connectivity index (χ1n) is 5.77. The van der Waals surface area contributed by atoms with Crippen LogP contribution in [0.2, 0.25) is 5.02 Å². The van der Waals surface area contributed by atoms with Crippen LogP contribution < -0.4 is 4.74 Å². The molecule has 18 heavy (non-hydrogen) atoms. The van der Waals surface area contributed by atoms with Crippen molar-refractivity contribution >= 4 is 22.5 Å². The Balaban J connectivity index is 1.83. The lowest BCUT2D eigenvalue weighted by atomic mass is 10.2.